The van der Waals surface area contributed by atoms with E-state index in [1.807, 2.05) is 0 Å². The Labute approximate surface area is 109 Å². The van der Waals surface area contributed by atoms with Crippen LogP contribution in [-0.4, -0.2) is 13.2 Å². The quantitative estimate of drug-likeness (QED) is 0.861. The Bertz CT molecular complexity index is 373. The van der Waals surface area contributed by atoms with Crippen LogP contribution in [0.2, 0.25) is 0 Å². The molecule has 1 aliphatic carbocycles. The smallest absolute Gasteiger partial charge is 0.146 e. The lowest BCUT2D eigenvalue weighted by molar-refractivity contribution is 0.413. The van der Waals surface area contributed by atoms with Crippen molar-refractivity contribution in [1.29, 1.82) is 0 Å². The summed E-state index contributed by atoms with van der Waals surface area (Å²) in [7, 11) is 1.60. The van der Waals surface area contributed by atoms with Crippen molar-refractivity contribution in [1.82, 2.24) is 0 Å². The second kappa shape index (κ2) is 6.62. The van der Waals surface area contributed by atoms with Crippen LogP contribution < -0.4 is 10.1 Å². The Kier molecular flexibility index (Phi) is 4.85. The van der Waals surface area contributed by atoms with Gasteiger partial charge in [0.1, 0.15) is 11.6 Å². The SMILES string of the molecule is COc1ccc(F)c(NC2CCCCCCC2)c1. The van der Waals surface area contributed by atoms with Gasteiger partial charge >= 0.3 is 0 Å². The van der Waals surface area contributed by atoms with Crippen molar-refractivity contribution < 1.29 is 9.13 Å². The Balaban J connectivity index is 2.02. The van der Waals surface area contributed by atoms with E-state index in [4.69, 9.17) is 4.74 Å². The van der Waals surface area contributed by atoms with Gasteiger partial charge in [0.2, 0.25) is 0 Å². The molecule has 100 valence electrons. The van der Waals surface area contributed by atoms with Crippen LogP contribution in [0.15, 0.2) is 18.2 Å². The summed E-state index contributed by atoms with van der Waals surface area (Å²) in [5.74, 6) is 0.502. The molecule has 0 heterocycles. The highest BCUT2D eigenvalue weighted by atomic mass is 19.1. The first-order valence-corrected chi connectivity index (χ1v) is 6.89. The minimum absolute atomic E-state index is 0.196. The summed E-state index contributed by atoms with van der Waals surface area (Å²) >= 11 is 0. The summed E-state index contributed by atoms with van der Waals surface area (Å²) in [6.45, 7) is 0. The maximum absolute atomic E-state index is 13.7. The average Bonchev–Trinajstić information content (AvgIpc) is 2.35. The zero-order valence-corrected chi connectivity index (χ0v) is 11.0. The lowest BCUT2D eigenvalue weighted by atomic mass is 9.96. The Morgan fingerprint density at radius 3 is 2.44 bits per heavy atom. The third kappa shape index (κ3) is 3.62. The summed E-state index contributed by atoms with van der Waals surface area (Å²) in [6.07, 6.45) is 8.71. The van der Waals surface area contributed by atoms with Gasteiger partial charge in [0.15, 0.2) is 0 Å². The third-order valence-corrected chi connectivity index (χ3v) is 3.64. The van der Waals surface area contributed by atoms with E-state index in [1.165, 1.54) is 38.2 Å². The van der Waals surface area contributed by atoms with Crippen molar-refractivity contribution in [3.05, 3.63) is 24.0 Å². The maximum atomic E-state index is 13.7. The molecule has 0 amide bonds. The van der Waals surface area contributed by atoms with Gasteiger partial charge in [0.05, 0.1) is 12.8 Å². The van der Waals surface area contributed by atoms with E-state index in [9.17, 15) is 4.39 Å². The minimum atomic E-state index is -0.196. The fraction of sp³-hybridized carbons (Fsp3) is 0.600. The molecule has 2 rings (SSSR count). The number of hydrogen-bond acceptors (Lipinski definition) is 2. The highest BCUT2D eigenvalue weighted by molar-refractivity contribution is 5.50. The number of rotatable bonds is 3. The standard InChI is InChI=1S/C15H22FNO/c1-18-13-9-10-14(16)15(11-13)17-12-7-5-3-2-4-6-8-12/h9-12,17H,2-8H2,1H3. The van der Waals surface area contributed by atoms with Gasteiger partial charge in [-0.2, -0.15) is 0 Å². The van der Waals surface area contributed by atoms with Crippen LogP contribution in [0.1, 0.15) is 44.9 Å². The number of benzene rings is 1. The Morgan fingerprint density at radius 2 is 1.78 bits per heavy atom. The van der Waals surface area contributed by atoms with E-state index >= 15 is 0 Å². The van der Waals surface area contributed by atoms with E-state index < -0.39 is 0 Å². The fourth-order valence-corrected chi connectivity index (χ4v) is 2.56. The number of ether oxygens (including phenoxy) is 1. The predicted molar refractivity (Wildman–Crippen MR) is 72.7 cm³/mol. The molecule has 3 heteroatoms. The molecule has 1 saturated carbocycles. The molecular formula is C15H22FNO. The van der Waals surface area contributed by atoms with Crippen LogP contribution >= 0.6 is 0 Å². The summed E-state index contributed by atoms with van der Waals surface area (Å²) in [5, 5.41) is 3.34. The van der Waals surface area contributed by atoms with E-state index in [0.717, 1.165) is 12.8 Å². The van der Waals surface area contributed by atoms with Gasteiger partial charge in [-0.25, -0.2) is 4.39 Å². The molecule has 2 nitrogen and oxygen atoms in total. The zero-order valence-electron chi connectivity index (χ0n) is 11.0. The lowest BCUT2D eigenvalue weighted by Gasteiger charge is -2.22. The number of methoxy groups -OCH3 is 1. The highest BCUT2D eigenvalue weighted by Gasteiger charge is 2.13. The molecule has 0 aromatic heterocycles. The zero-order chi connectivity index (χ0) is 12.8. The number of halogens is 1. The topological polar surface area (TPSA) is 21.3 Å². The van der Waals surface area contributed by atoms with Crippen LogP contribution in [-0.2, 0) is 0 Å². The van der Waals surface area contributed by atoms with Gasteiger partial charge in [0, 0.05) is 12.1 Å². The maximum Gasteiger partial charge on any atom is 0.146 e. The monoisotopic (exact) mass is 251 g/mol. The summed E-state index contributed by atoms with van der Waals surface area (Å²) in [6, 6.07) is 5.25. The van der Waals surface area contributed by atoms with E-state index in [0.29, 0.717) is 17.5 Å². The van der Waals surface area contributed by atoms with Crippen molar-refractivity contribution in [2.24, 2.45) is 0 Å². The molecule has 0 spiro atoms. The van der Waals surface area contributed by atoms with Crippen molar-refractivity contribution in [3.8, 4) is 5.75 Å². The molecule has 0 bridgehead atoms. The van der Waals surface area contributed by atoms with Gasteiger partial charge in [-0.1, -0.05) is 32.1 Å². The lowest BCUT2D eigenvalue weighted by Crippen LogP contribution is -2.21. The molecule has 0 atom stereocenters. The van der Waals surface area contributed by atoms with Gasteiger partial charge in [-0.05, 0) is 25.0 Å². The van der Waals surface area contributed by atoms with E-state index in [-0.39, 0.29) is 5.82 Å². The second-order valence-corrected chi connectivity index (χ2v) is 5.03. The Morgan fingerprint density at radius 1 is 1.11 bits per heavy atom. The minimum Gasteiger partial charge on any atom is -0.497 e. The van der Waals surface area contributed by atoms with Crippen LogP contribution in [0.5, 0.6) is 5.75 Å². The number of hydrogen-bond donors (Lipinski definition) is 1. The first kappa shape index (κ1) is 13.2. The normalized spacial score (nSPS) is 17.9. The molecule has 1 fully saturated rings. The highest BCUT2D eigenvalue weighted by Crippen LogP contribution is 2.25. The second-order valence-electron chi connectivity index (χ2n) is 5.03. The van der Waals surface area contributed by atoms with Crippen molar-refractivity contribution in [2.75, 3.05) is 12.4 Å². The molecule has 0 saturated heterocycles. The molecule has 1 aliphatic rings. The van der Waals surface area contributed by atoms with Gasteiger partial charge in [-0.15, -0.1) is 0 Å². The molecule has 1 N–H and O–H groups in total. The van der Waals surface area contributed by atoms with Gasteiger partial charge in [-0.3, -0.25) is 0 Å². The molecule has 1 aromatic rings. The van der Waals surface area contributed by atoms with Crippen molar-refractivity contribution in [3.63, 3.8) is 0 Å². The first-order valence-electron chi connectivity index (χ1n) is 6.89. The van der Waals surface area contributed by atoms with Gasteiger partial charge < -0.3 is 10.1 Å². The van der Waals surface area contributed by atoms with Crippen molar-refractivity contribution in [2.45, 2.75) is 51.0 Å². The fourth-order valence-electron chi connectivity index (χ4n) is 2.56. The predicted octanol–water partition coefficient (Wildman–Crippen LogP) is 4.36. The molecule has 18 heavy (non-hydrogen) atoms. The molecule has 1 aromatic carbocycles. The summed E-state index contributed by atoms with van der Waals surface area (Å²) in [5.41, 5.74) is 0.569. The molecule has 0 unspecified atom stereocenters. The van der Waals surface area contributed by atoms with E-state index in [1.54, 1.807) is 19.2 Å². The van der Waals surface area contributed by atoms with Crippen LogP contribution in [0.25, 0.3) is 0 Å². The largest absolute Gasteiger partial charge is 0.497 e. The number of nitrogens with one attached hydrogen (secondary N) is 1. The Hall–Kier alpha value is -1.25. The first-order chi connectivity index (χ1) is 8.79. The number of anilines is 1. The van der Waals surface area contributed by atoms with Crippen molar-refractivity contribution >= 4 is 5.69 Å². The van der Waals surface area contributed by atoms with Crippen LogP contribution in [0.4, 0.5) is 10.1 Å². The molecular weight excluding hydrogens is 229 g/mol. The van der Waals surface area contributed by atoms with Crippen LogP contribution in [0.3, 0.4) is 0 Å². The average molecular weight is 251 g/mol. The molecule has 0 radical (unpaired) electrons. The summed E-state index contributed by atoms with van der Waals surface area (Å²) in [4.78, 5) is 0. The summed E-state index contributed by atoms with van der Waals surface area (Å²) < 4.78 is 18.9. The third-order valence-electron chi connectivity index (χ3n) is 3.64. The molecule has 0 aliphatic heterocycles. The van der Waals surface area contributed by atoms with Crippen LogP contribution in [0, 0.1) is 5.82 Å². The van der Waals surface area contributed by atoms with Gasteiger partial charge in [0.25, 0.3) is 0 Å². The van der Waals surface area contributed by atoms with E-state index in [2.05, 4.69) is 5.32 Å².